The van der Waals surface area contributed by atoms with Gasteiger partial charge in [0.05, 0.1) is 7.11 Å². The molecule has 0 saturated heterocycles. The highest BCUT2D eigenvalue weighted by molar-refractivity contribution is 6.30. The summed E-state index contributed by atoms with van der Waals surface area (Å²) in [6, 6.07) is 10.2. The Kier molecular flexibility index (Phi) is 4.27. The van der Waals surface area contributed by atoms with Gasteiger partial charge in [-0.2, -0.15) is 0 Å². The van der Waals surface area contributed by atoms with Gasteiger partial charge in [-0.1, -0.05) is 11.6 Å². The van der Waals surface area contributed by atoms with Gasteiger partial charge in [0.25, 0.3) is 5.91 Å². The maximum Gasteiger partial charge on any atom is 0.261 e. The summed E-state index contributed by atoms with van der Waals surface area (Å²) < 4.78 is 5.13. The van der Waals surface area contributed by atoms with Gasteiger partial charge in [-0.3, -0.25) is 9.59 Å². The fourth-order valence-electron chi connectivity index (χ4n) is 2.45. The van der Waals surface area contributed by atoms with Crippen molar-refractivity contribution in [3.63, 3.8) is 0 Å². The SMILES string of the molecule is COc1ccc2[nH]cc(C(=O)Nc3ccc(Cl)cc3C)c(=O)c2c1. The molecule has 0 spiro atoms. The molecule has 6 heteroatoms. The fraction of sp³-hybridized carbons (Fsp3) is 0.111. The lowest BCUT2D eigenvalue weighted by Crippen LogP contribution is -2.22. The molecule has 122 valence electrons. The Hall–Kier alpha value is -2.79. The molecule has 0 saturated carbocycles. The van der Waals surface area contributed by atoms with Crippen LogP contribution in [0.1, 0.15) is 15.9 Å². The van der Waals surface area contributed by atoms with Crippen LogP contribution in [0.4, 0.5) is 5.69 Å². The van der Waals surface area contributed by atoms with E-state index in [1.807, 2.05) is 6.92 Å². The second kappa shape index (κ2) is 6.37. The molecule has 0 aliphatic carbocycles. The number of carbonyl (C=O) groups is 1. The third kappa shape index (κ3) is 2.98. The summed E-state index contributed by atoms with van der Waals surface area (Å²) in [5.74, 6) is 0.0745. The van der Waals surface area contributed by atoms with Crippen molar-refractivity contribution >= 4 is 34.1 Å². The number of pyridine rings is 1. The van der Waals surface area contributed by atoms with Crippen LogP contribution in [-0.4, -0.2) is 18.0 Å². The van der Waals surface area contributed by atoms with Crippen LogP contribution in [0.2, 0.25) is 5.02 Å². The third-order valence-corrected chi connectivity index (χ3v) is 4.00. The maximum absolute atomic E-state index is 12.6. The van der Waals surface area contributed by atoms with Crippen molar-refractivity contribution in [2.75, 3.05) is 12.4 Å². The molecule has 0 radical (unpaired) electrons. The van der Waals surface area contributed by atoms with Gasteiger partial charge in [-0.25, -0.2) is 0 Å². The number of anilines is 1. The molecule has 2 aromatic carbocycles. The minimum Gasteiger partial charge on any atom is -0.497 e. The number of aromatic amines is 1. The van der Waals surface area contributed by atoms with Gasteiger partial charge in [-0.15, -0.1) is 0 Å². The van der Waals surface area contributed by atoms with Crippen LogP contribution in [0.15, 0.2) is 47.4 Å². The molecule has 24 heavy (non-hydrogen) atoms. The Morgan fingerprint density at radius 1 is 1.21 bits per heavy atom. The Morgan fingerprint density at radius 2 is 2.00 bits per heavy atom. The van der Waals surface area contributed by atoms with Crippen molar-refractivity contribution in [1.82, 2.24) is 4.98 Å². The number of fused-ring (bicyclic) bond motifs is 1. The molecule has 1 amide bonds. The molecule has 0 fully saturated rings. The molecule has 3 rings (SSSR count). The monoisotopic (exact) mass is 342 g/mol. The number of H-pyrrole nitrogens is 1. The van der Waals surface area contributed by atoms with Crippen LogP contribution in [0.5, 0.6) is 5.75 Å². The molecular weight excluding hydrogens is 328 g/mol. The summed E-state index contributed by atoms with van der Waals surface area (Å²) in [5, 5.41) is 3.72. The van der Waals surface area contributed by atoms with Gasteiger partial charge in [0.15, 0.2) is 0 Å². The standard InChI is InChI=1S/C18H15ClN2O3/c1-10-7-11(19)3-5-15(10)21-18(23)14-9-20-16-6-4-12(24-2)8-13(16)17(14)22/h3-9H,1-2H3,(H,20,22)(H,21,23). The van der Waals surface area contributed by atoms with Gasteiger partial charge in [-0.05, 0) is 48.9 Å². The van der Waals surface area contributed by atoms with Gasteiger partial charge >= 0.3 is 0 Å². The number of halogens is 1. The van der Waals surface area contributed by atoms with Crippen molar-refractivity contribution < 1.29 is 9.53 Å². The molecule has 0 aliphatic rings. The molecule has 0 bridgehead atoms. The van der Waals surface area contributed by atoms with Crippen molar-refractivity contribution in [3.05, 3.63) is 69.0 Å². The lowest BCUT2D eigenvalue weighted by Gasteiger charge is -2.09. The molecule has 3 aromatic rings. The molecule has 0 unspecified atom stereocenters. The Balaban J connectivity index is 2.00. The summed E-state index contributed by atoms with van der Waals surface area (Å²) in [7, 11) is 1.52. The van der Waals surface area contributed by atoms with E-state index in [4.69, 9.17) is 16.3 Å². The first-order valence-electron chi connectivity index (χ1n) is 7.26. The molecule has 5 nitrogen and oxygen atoms in total. The first-order chi connectivity index (χ1) is 11.5. The van der Waals surface area contributed by atoms with E-state index in [0.717, 1.165) is 5.56 Å². The quantitative estimate of drug-likeness (QED) is 0.761. The van der Waals surface area contributed by atoms with Crippen LogP contribution >= 0.6 is 11.6 Å². The zero-order valence-corrected chi connectivity index (χ0v) is 13.9. The van der Waals surface area contributed by atoms with E-state index in [0.29, 0.717) is 27.4 Å². The normalized spacial score (nSPS) is 10.6. The van der Waals surface area contributed by atoms with E-state index >= 15 is 0 Å². The van der Waals surface area contributed by atoms with E-state index in [9.17, 15) is 9.59 Å². The lowest BCUT2D eigenvalue weighted by molar-refractivity contribution is 0.102. The van der Waals surface area contributed by atoms with Crippen molar-refractivity contribution in [3.8, 4) is 5.75 Å². The molecule has 1 heterocycles. The smallest absolute Gasteiger partial charge is 0.261 e. The summed E-state index contributed by atoms with van der Waals surface area (Å²) in [5.41, 5.74) is 1.74. The van der Waals surface area contributed by atoms with Gasteiger partial charge in [0.1, 0.15) is 11.3 Å². The molecular formula is C18H15ClN2O3. The molecule has 0 atom stereocenters. The average molecular weight is 343 g/mol. The highest BCUT2D eigenvalue weighted by atomic mass is 35.5. The number of hydrogen-bond acceptors (Lipinski definition) is 3. The van der Waals surface area contributed by atoms with E-state index in [1.165, 1.54) is 13.3 Å². The number of aryl methyl sites for hydroxylation is 1. The van der Waals surface area contributed by atoms with E-state index < -0.39 is 5.91 Å². The topological polar surface area (TPSA) is 71.2 Å². The number of ether oxygens (including phenoxy) is 1. The second-order valence-electron chi connectivity index (χ2n) is 5.36. The van der Waals surface area contributed by atoms with Crippen LogP contribution in [0, 0.1) is 6.92 Å². The number of nitrogens with one attached hydrogen (secondary N) is 2. The molecule has 0 aliphatic heterocycles. The summed E-state index contributed by atoms with van der Waals surface area (Å²) in [6.45, 7) is 1.83. The number of methoxy groups -OCH3 is 1. The number of amides is 1. The number of aromatic nitrogens is 1. The largest absolute Gasteiger partial charge is 0.497 e. The van der Waals surface area contributed by atoms with Gasteiger partial charge in [0.2, 0.25) is 5.43 Å². The average Bonchev–Trinajstić information content (AvgIpc) is 2.57. The van der Waals surface area contributed by atoms with Crippen molar-refractivity contribution in [2.24, 2.45) is 0 Å². The van der Waals surface area contributed by atoms with Crippen molar-refractivity contribution in [1.29, 1.82) is 0 Å². The summed E-state index contributed by atoms with van der Waals surface area (Å²) >= 11 is 5.91. The Labute approximate surface area is 143 Å². The number of rotatable bonds is 3. The highest BCUT2D eigenvalue weighted by Gasteiger charge is 2.14. The predicted octanol–water partition coefficient (Wildman–Crippen LogP) is 3.75. The molecule has 1 aromatic heterocycles. The van der Waals surface area contributed by atoms with Gasteiger partial charge in [0, 0.05) is 27.8 Å². The van der Waals surface area contributed by atoms with E-state index in [2.05, 4.69) is 10.3 Å². The van der Waals surface area contributed by atoms with E-state index in [1.54, 1.807) is 36.4 Å². The van der Waals surface area contributed by atoms with Gasteiger partial charge < -0.3 is 15.0 Å². The zero-order chi connectivity index (χ0) is 17.3. The fourth-order valence-corrected chi connectivity index (χ4v) is 2.68. The zero-order valence-electron chi connectivity index (χ0n) is 13.1. The summed E-state index contributed by atoms with van der Waals surface area (Å²) in [6.07, 6.45) is 1.41. The van der Waals surface area contributed by atoms with Crippen LogP contribution in [0.25, 0.3) is 10.9 Å². The third-order valence-electron chi connectivity index (χ3n) is 3.77. The van der Waals surface area contributed by atoms with Crippen LogP contribution < -0.4 is 15.5 Å². The Bertz CT molecular complexity index is 995. The minimum atomic E-state index is -0.480. The van der Waals surface area contributed by atoms with Crippen molar-refractivity contribution in [2.45, 2.75) is 6.92 Å². The number of carbonyl (C=O) groups excluding carboxylic acids is 1. The Morgan fingerprint density at radius 3 is 2.71 bits per heavy atom. The number of benzene rings is 2. The highest BCUT2D eigenvalue weighted by Crippen LogP contribution is 2.21. The molecule has 2 N–H and O–H groups in total. The summed E-state index contributed by atoms with van der Waals surface area (Å²) in [4.78, 5) is 28.0. The predicted molar refractivity (Wildman–Crippen MR) is 95.3 cm³/mol. The van der Waals surface area contributed by atoms with Crippen LogP contribution in [-0.2, 0) is 0 Å². The maximum atomic E-state index is 12.6. The number of hydrogen-bond donors (Lipinski definition) is 2. The second-order valence-corrected chi connectivity index (χ2v) is 5.79. The van der Waals surface area contributed by atoms with Crippen LogP contribution in [0.3, 0.4) is 0 Å². The minimum absolute atomic E-state index is 0.0325. The lowest BCUT2D eigenvalue weighted by atomic mass is 10.1. The first kappa shape index (κ1) is 16.1. The van der Waals surface area contributed by atoms with E-state index in [-0.39, 0.29) is 11.0 Å². The first-order valence-corrected chi connectivity index (χ1v) is 7.64.